The van der Waals surface area contributed by atoms with Crippen molar-refractivity contribution in [2.75, 3.05) is 46.0 Å². The van der Waals surface area contributed by atoms with Crippen molar-refractivity contribution in [2.24, 2.45) is 5.92 Å². The maximum atomic E-state index is 12.4. The van der Waals surface area contributed by atoms with Crippen LogP contribution in [0, 0.1) is 5.92 Å². The summed E-state index contributed by atoms with van der Waals surface area (Å²) in [6.07, 6.45) is 0. The predicted molar refractivity (Wildman–Crippen MR) is 99.0 cm³/mol. The smallest absolute Gasteiger partial charge is 0.258 e. The number of nitrogens with zero attached hydrogens (tertiary/aromatic N) is 1. The van der Waals surface area contributed by atoms with E-state index in [1.54, 1.807) is 12.1 Å². The molecule has 1 fully saturated rings. The van der Waals surface area contributed by atoms with Gasteiger partial charge in [-0.15, -0.1) is 0 Å². The van der Waals surface area contributed by atoms with E-state index in [1.807, 2.05) is 32.0 Å². The van der Waals surface area contributed by atoms with Gasteiger partial charge in [0.15, 0.2) is 6.61 Å². The largest absolute Gasteiger partial charge is 0.484 e. The molecule has 2 N–H and O–H groups in total. The molecule has 1 aromatic carbocycles. The van der Waals surface area contributed by atoms with Crippen LogP contribution in [-0.4, -0.2) is 68.8 Å². The highest BCUT2D eigenvalue weighted by Crippen LogP contribution is 2.08. The molecule has 0 aliphatic carbocycles. The summed E-state index contributed by atoms with van der Waals surface area (Å²) < 4.78 is 10.7. The molecule has 0 bridgehead atoms. The van der Waals surface area contributed by atoms with Crippen molar-refractivity contribution >= 4 is 11.8 Å². The first-order valence-corrected chi connectivity index (χ1v) is 9.11. The van der Waals surface area contributed by atoms with Crippen LogP contribution in [0.4, 0.5) is 0 Å². The van der Waals surface area contributed by atoms with Gasteiger partial charge < -0.3 is 20.1 Å². The molecule has 0 unspecified atom stereocenters. The van der Waals surface area contributed by atoms with Gasteiger partial charge in [-0.05, 0) is 18.1 Å². The van der Waals surface area contributed by atoms with E-state index in [-0.39, 0.29) is 24.3 Å². The highest BCUT2D eigenvalue weighted by molar-refractivity contribution is 5.88. The van der Waals surface area contributed by atoms with Crippen LogP contribution in [0.1, 0.15) is 13.8 Å². The highest BCUT2D eigenvalue weighted by Gasteiger charge is 2.24. The first kappa shape index (κ1) is 20.2. The summed E-state index contributed by atoms with van der Waals surface area (Å²) in [6, 6.07) is 8.55. The van der Waals surface area contributed by atoms with Crippen LogP contribution in [0.2, 0.25) is 0 Å². The average molecular weight is 363 g/mol. The van der Waals surface area contributed by atoms with E-state index in [1.165, 1.54) is 0 Å². The van der Waals surface area contributed by atoms with Gasteiger partial charge in [0.25, 0.3) is 5.91 Å². The van der Waals surface area contributed by atoms with Crippen LogP contribution in [0.5, 0.6) is 5.75 Å². The fourth-order valence-corrected chi connectivity index (χ4v) is 2.69. The summed E-state index contributed by atoms with van der Waals surface area (Å²) >= 11 is 0. The molecule has 7 heteroatoms. The Balaban J connectivity index is 1.73. The van der Waals surface area contributed by atoms with E-state index in [9.17, 15) is 9.59 Å². The van der Waals surface area contributed by atoms with E-state index in [2.05, 4.69) is 15.5 Å². The molecular weight excluding hydrogens is 334 g/mol. The second-order valence-electron chi connectivity index (χ2n) is 6.64. The number of rotatable bonds is 9. The lowest BCUT2D eigenvalue weighted by Crippen LogP contribution is -2.52. The molecule has 0 radical (unpaired) electrons. The Labute approximate surface area is 155 Å². The molecule has 1 atom stereocenters. The summed E-state index contributed by atoms with van der Waals surface area (Å²) in [5.74, 6) is 0.134. The molecular formula is C19H29N3O4. The molecule has 1 saturated heterocycles. The first-order chi connectivity index (χ1) is 12.6. The van der Waals surface area contributed by atoms with E-state index >= 15 is 0 Å². The molecule has 1 aliphatic heterocycles. The normalized spacial score (nSPS) is 16.1. The number of benzene rings is 1. The van der Waals surface area contributed by atoms with E-state index in [0.717, 1.165) is 32.8 Å². The molecule has 144 valence electrons. The summed E-state index contributed by atoms with van der Waals surface area (Å²) in [5.41, 5.74) is 0. The Hall–Kier alpha value is -2.12. The van der Waals surface area contributed by atoms with Crippen molar-refractivity contribution < 1.29 is 19.1 Å². The Morgan fingerprint density at radius 2 is 1.88 bits per heavy atom. The molecule has 0 aromatic heterocycles. The molecule has 2 amide bonds. The van der Waals surface area contributed by atoms with Crippen LogP contribution < -0.4 is 15.4 Å². The van der Waals surface area contributed by atoms with Gasteiger partial charge in [0.05, 0.1) is 13.2 Å². The van der Waals surface area contributed by atoms with Crippen LogP contribution in [0.25, 0.3) is 0 Å². The molecule has 1 aromatic rings. The lowest BCUT2D eigenvalue weighted by Gasteiger charge is -2.27. The molecule has 0 saturated carbocycles. The molecule has 0 spiro atoms. The number of carbonyl (C=O) groups is 2. The summed E-state index contributed by atoms with van der Waals surface area (Å²) in [7, 11) is 0. The van der Waals surface area contributed by atoms with E-state index < -0.39 is 6.04 Å². The molecule has 7 nitrogen and oxygen atoms in total. The Bertz CT molecular complexity index is 559. The van der Waals surface area contributed by atoms with Gasteiger partial charge >= 0.3 is 0 Å². The number of hydrogen-bond acceptors (Lipinski definition) is 5. The van der Waals surface area contributed by atoms with Crippen LogP contribution >= 0.6 is 0 Å². The number of carbonyl (C=O) groups excluding carboxylic acids is 2. The topological polar surface area (TPSA) is 79.9 Å². The van der Waals surface area contributed by atoms with Crippen LogP contribution in [0.3, 0.4) is 0 Å². The van der Waals surface area contributed by atoms with Gasteiger partial charge in [-0.25, -0.2) is 0 Å². The van der Waals surface area contributed by atoms with Gasteiger partial charge in [-0.2, -0.15) is 0 Å². The Morgan fingerprint density at radius 3 is 2.54 bits per heavy atom. The predicted octanol–water partition coefficient (Wildman–Crippen LogP) is 0.655. The van der Waals surface area contributed by atoms with Crippen LogP contribution in [-0.2, 0) is 14.3 Å². The van der Waals surface area contributed by atoms with Gasteiger partial charge in [0, 0.05) is 26.2 Å². The highest BCUT2D eigenvalue weighted by atomic mass is 16.5. The average Bonchev–Trinajstić information content (AvgIpc) is 2.65. The standard InChI is InChI=1S/C19H29N3O4/c1-15(2)18(19(24)20-8-9-22-10-12-25-13-11-22)21-17(23)14-26-16-6-4-3-5-7-16/h3-7,15,18H,8-14H2,1-2H3,(H,20,24)(H,21,23)/t18-/m0/s1. The van der Waals surface area contributed by atoms with E-state index in [0.29, 0.717) is 12.3 Å². The Kier molecular flexibility index (Phi) is 8.37. The molecule has 2 rings (SSSR count). The van der Waals surface area contributed by atoms with Gasteiger partial charge in [0.1, 0.15) is 11.8 Å². The number of para-hydroxylation sites is 1. The van der Waals surface area contributed by atoms with Gasteiger partial charge in [-0.1, -0.05) is 32.0 Å². The number of hydrogen-bond donors (Lipinski definition) is 2. The second-order valence-corrected chi connectivity index (χ2v) is 6.64. The summed E-state index contributed by atoms with van der Waals surface area (Å²) in [6.45, 7) is 8.28. The minimum absolute atomic E-state index is 0.0148. The van der Waals surface area contributed by atoms with Crippen molar-refractivity contribution in [3.05, 3.63) is 30.3 Å². The molecule has 26 heavy (non-hydrogen) atoms. The number of amides is 2. The van der Waals surface area contributed by atoms with Crippen molar-refractivity contribution in [3.63, 3.8) is 0 Å². The second kappa shape index (κ2) is 10.8. The number of morpholine rings is 1. The number of nitrogens with one attached hydrogen (secondary N) is 2. The number of ether oxygens (including phenoxy) is 2. The quantitative estimate of drug-likeness (QED) is 0.674. The monoisotopic (exact) mass is 363 g/mol. The van der Waals surface area contributed by atoms with Crippen molar-refractivity contribution in [1.29, 1.82) is 0 Å². The molecule has 1 heterocycles. The molecule has 1 aliphatic rings. The SMILES string of the molecule is CC(C)[C@H](NC(=O)COc1ccccc1)C(=O)NCCN1CCOCC1. The van der Waals surface area contributed by atoms with Crippen molar-refractivity contribution in [1.82, 2.24) is 15.5 Å². The lowest BCUT2D eigenvalue weighted by molar-refractivity contribution is -0.131. The maximum Gasteiger partial charge on any atom is 0.258 e. The summed E-state index contributed by atoms with van der Waals surface area (Å²) in [4.78, 5) is 26.8. The minimum Gasteiger partial charge on any atom is -0.484 e. The fraction of sp³-hybridized carbons (Fsp3) is 0.579. The minimum atomic E-state index is -0.577. The summed E-state index contributed by atoms with van der Waals surface area (Å²) in [5, 5.41) is 5.68. The van der Waals surface area contributed by atoms with Gasteiger partial charge in [0.2, 0.25) is 5.91 Å². The third-order valence-corrected chi connectivity index (χ3v) is 4.21. The zero-order valence-corrected chi connectivity index (χ0v) is 15.6. The van der Waals surface area contributed by atoms with E-state index in [4.69, 9.17) is 9.47 Å². The van der Waals surface area contributed by atoms with Crippen LogP contribution in [0.15, 0.2) is 30.3 Å². The third-order valence-electron chi connectivity index (χ3n) is 4.21. The van der Waals surface area contributed by atoms with Gasteiger partial charge in [-0.3, -0.25) is 14.5 Å². The maximum absolute atomic E-state index is 12.4. The zero-order chi connectivity index (χ0) is 18.8. The third kappa shape index (κ3) is 7.01. The fourth-order valence-electron chi connectivity index (χ4n) is 2.69. The Morgan fingerprint density at radius 1 is 1.19 bits per heavy atom. The van der Waals surface area contributed by atoms with Crippen molar-refractivity contribution in [2.45, 2.75) is 19.9 Å². The zero-order valence-electron chi connectivity index (χ0n) is 15.6. The van der Waals surface area contributed by atoms with Crippen molar-refractivity contribution in [3.8, 4) is 5.75 Å². The lowest BCUT2D eigenvalue weighted by atomic mass is 10.0. The first-order valence-electron chi connectivity index (χ1n) is 9.11.